The number of rotatable bonds is 5. The fraction of sp³-hybridized carbons (Fsp3) is 0.308. The highest BCUT2D eigenvalue weighted by molar-refractivity contribution is 9.10. The van der Waals surface area contributed by atoms with Crippen molar-refractivity contribution >= 4 is 38.2 Å². The van der Waals surface area contributed by atoms with E-state index in [2.05, 4.69) is 20.9 Å². The normalized spacial score (nSPS) is 10.9. The third-order valence-corrected chi connectivity index (χ3v) is 3.38. The van der Waals surface area contributed by atoms with E-state index < -0.39 is 0 Å². The zero-order valence-electron chi connectivity index (χ0n) is 10.4. The van der Waals surface area contributed by atoms with Crippen LogP contribution in [0.2, 0.25) is 0 Å². The molecule has 1 heterocycles. The first-order valence-corrected chi connectivity index (χ1v) is 6.77. The van der Waals surface area contributed by atoms with Gasteiger partial charge in [0.1, 0.15) is 0 Å². The highest BCUT2D eigenvalue weighted by Crippen LogP contribution is 2.32. The van der Waals surface area contributed by atoms with Crippen molar-refractivity contribution in [3.05, 3.63) is 28.9 Å². The second-order valence-electron chi connectivity index (χ2n) is 4.16. The molecule has 0 radical (unpaired) electrons. The molecule has 2 aromatic rings. The molecule has 0 saturated heterocycles. The van der Waals surface area contributed by atoms with E-state index in [0.717, 1.165) is 21.1 Å². The van der Waals surface area contributed by atoms with E-state index in [4.69, 9.17) is 15.9 Å². The Morgan fingerprint density at radius 1 is 1.21 bits per heavy atom. The van der Waals surface area contributed by atoms with Crippen LogP contribution in [0.4, 0.5) is 11.4 Å². The lowest BCUT2D eigenvalue weighted by Gasteiger charge is -2.25. The zero-order valence-corrected chi connectivity index (χ0v) is 12.0. The molecule has 102 valence electrons. The molecule has 0 fully saturated rings. The summed E-state index contributed by atoms with van der Waals surface area (Å²) in [6, 6.07) is 5.76. The van der Waals surface area contributed by atoms with Crippen molar-refractivity contribution in [1.82, 2.24) is 4.98 Å². The van der Waals surface area contributed by atoms with Crippen molar-refractivity contribution in [2.45, 2.75) is 0 Å². The molecule has 0 amide bonds. The second-order valence-corrected chi connectivity index (χ2v) is 5.07. The van der Waals surface area contributed by atoms with Gasteiger partial charge in [-0.15, -0.1) is 0 Å². The zero-order chi connectivity index (χ0) is 13.8. The van der Waals surface area contributed by atoms with Gasteiger partial charge in [-0.2, -0.15) is 0 Å². The van der Waals surface area contributed by atoms with Gasteiger partial charge in [-0.05, 0) is 18.2 Å². The summed E-state index contributed by atoms with van der Waals surface area (Å²) in [6.45, 7) is 0.821. The molecule has 1 aromatic carbocycles. The largest absolute Gasteiger partial charge is 0.396 e. The molecular weight excluding hydrogens is 310 g/mol. The monoisotopic (exact) mass is 325 g/mol. The number of hydrogen-bond donors (Lipinski definition) is 3. The standard InChI is InChI=1S/C13H16BrN3O2/c14-9-1-2-12-10(7-9)13(11(15)8-16-12)17(3-5-18)4-6-19/h1-2,7-8,18-19H,3-6,15H2. The minimum absolute atomic E-state index is 0.00272. The molecule has 0 atom stereocenters. The molecule has 0 aliphatic carbocycles. The van der Waals surface area contributed by atoms with E-state index in [1.165, 1.54) is 0 Å². The SMILES string of the molecule is Nc1cnc2ccc(Br)cc2c1N(CCO)CCO. The topological polar surface area (TPSA) is 82.6 Å². The van der Waals surface area contributed by atoms with Crippen LogP contribution in [0.3, 0.4) is 0 Å². The number of aromatic nitrogens is 1. The van der Waals surface area contributed by atoms with Crippen LogP contribution in [-0.4, -0.2) is 41.5 Å². The molecule has 6 heteroatoms. The highest BCUT2D eigenvalue weighted by Gasteiger charge is 2.14. The third kappa shape index (κ3) is 2.97. The lowest BCUT2D eigenvalue weighted by molar-refractivity contribution is 0.281. The van der Waals surface area contributed by atoms with Crippen molar-refractivity contribution in [2.24, 2.45) is 0 Å². The molecule has 0 bridgehead atoms. The lowest BCUT2D eigenvalue weighted by atomic mass is 10.1. The Kier molecular flexibility index (Phi) is 4.57. The third-order valence-electron chi connectivity index (χ3n) is 2.89. The molecule has 1 aromatic heterocycles. The van der Waals surface area contributed by atoms with Gasteiger partial charge in [-0.3, -0.25) is 4.98 Å². The van der Waals surface area contributed by atoms with Crippen LogP contribution in [0.5, 0.6) is 0 Å². The van der Waals surface area contributed by atoms with Crippen LogP contribution in [0, 0.1) is 0 Å². The Balaban J connectivity index is 2.61. The Labute approximate surface area is 119 Å². The fourth-order valence-corrected chi connectivity index (χ4v) is 2.46. The summed E-state index contributed by atoms with van der Waals surface area (Å²) in [5, 5.41) is 19.2. The van der Waals surface area contributed by atoms with Crippen LogP contribution >= 0.6 is 15.9 Å². The first kappa shape index (κ1) is 14.0. The number of pyridine rings is 1. The van der Waals surface area contributed by atoms with Crippen molar-refractivity contribution in [1.29, 1.82) is 0 Å². The summed E-state index contributed by atoms with van der Waals surface area (Å²) < 4.78 is 0.932. The maximum absolute atomic E-state index is 9.15. The molecule has 0 aliphatic rings. The molecular formula is C13H16BrN3O2. The molecule has 0 aliphatic heterocycles. The second kappa shape index (κ2) is 6.18. The van der Waals surface area contributed by atoms with Gasteiger partial charge >= 0.3 is 0 Å². The number of aliphatic hydroxyl groups excluding tert-OH is 2. The Hall–Kier alpha value is -1.37. The maximum atomic E-state index is 9.15. The average molecular weight is 326 g/mol. The summed E-state index contributed by atoms with van der Waals surface area (Å²) in [5.74, 6) is 0. The number of nitrogens with two attached hydrogens (primary N) is 1. The number of benzene rings is 1. The van der Waals surface area contributed by atoms with Crippen LogP contribution < -0.4 is 10.6 Å². The molecule has 19 heavy (non-hydrogen) atoms. The Morgan fingerprint density at radius 2 is 1.89 bits per heavy atom. The lowest BCUT2D eigenvalue weighted by Crippen LogP contribution is -2.30. The van der Waals surface area contributed by atoms with E-state index in [0.29, 0.717) is 18.8 Å². The number of aliphatic hydroxyl groups is 2. The van der Waals surface area contributed by atoms with Crippen LogP contribution in [0.1, 0.15) is 0 Å². The number of hydrogen-bond acceptors (Lipinski definition) is 5. The summed E-state index contributed by atoms with van der Waals surface area (Å²) in [4.78, 5) is 6.15. The number of anilines is 2. The van der Waals surface area contributed by atoms with Crippen molar-refractivity contribution < 1.29 is 10.2 Å². The minimum Gasteiger partial charge on any atom is -0.396 e. The Morgan fingerprint density at radius 3 is 2.53 bits per heavy atom. The smallest absolute Gasteiger partial charge is 0.0745 e. The van der Waals surface area contributed by atoms with Crippen molar-refractivity contribution in [3.63, 3.8) is 0 Å². The summed E-state index contributed by atoms with van der Waals surface area (Å²) >= 11 is 3.43. The van der Waals surface area contributed by atoms with Gasteiger partial charge < -0.3 is 20.8 Å². The molecule has 0 spiro atoms. The first-order chi connectivity index (χ1) is 9.17. The van der Waals surface area contributed by atoms with Crippen LogP contribution in [-0.2, 0) is 0 Å². The summed E-state index contributed by atoms with van der Waals surface area (Å²) in [5.41, 5.74) is 8.18. The molecule has 0 saturated carbocycles. The van der Waals surface area contributed by atoms with E-state index in [-0.39, 0.29) is 13.2 Å². The first-order valence-electron chi connectivity index (χ1n) is 5.97. The highest BCUT2D eigenvalue weighted by atomic mass is 79.9. The average Bonchev–Trinajstić information content (AvgIpc) is 2.38. The maximum Gasteiger partial charge on any atom is 0.0745 e. The molecule has 2 rings (SSSR count). The van der Waals surface area contributed by atoms with E-state index >= 15 is 0 Å². The number of nitrogen functional groups attached to an aromatic ring is 1. The van der Waals surface area contributed by atoms with Gasteiger partial charge in [0.05, 0.1) is 36.3 Å². The van der Waals surface area contributed by atoms with Gasteiger partial charge in [0, 0.05) is 22.9 Å². The minimum atomic E-state index is -0.00272. The van der Waals surface area contributed by atoms with Gasteiger partial charge in [-0.1, -0.05) is 15.9 Å². The molecule has 4 N–H and O–H groups in total. The Bertz CT molecular complexity index is 566. The quantitative estimate of drug-likeness (QED) is 0.773. The summed E-state index contributed by atoms with van der Waals surface area (Å²) in [6.07, 6.45) is 1.60. The van der Waals surface area contributed by atoms with Crippen LogP contribution in [0.15, 0.2) is 28.9 Å². The predicted octanol–water partition coefficient (Wildman–Crippen LogP) is 1.37. The number of nitrogens with zero attached hydrogens (tertiary/aromatic N) is 2. The summed E-state index contributed by atoms with van der Waals surface area (Å²) in [7, 11) is 0. The number of halogens is 1. The van der Waals surface area contributed by atoms with Gasteiger partial charge in [0.25, 0.3) is 0 Å². The van der Waals surface area contributed by atoms with Gasteiger partial charge in [0.15, 0.2) is 0 Å². The van der Waals surface area contributed by atoms with Crippen LogP contribution in [0.25, 0.3) is 10.9 Å². The van der Waals surface area contributed by atoms with E-state index in [1.807, 2.05) is 23.1 Å². The number of fused-ring (bicyclic) bond motifs is 1. The van der Waals surface area contributed by atoms with E-state index in [9.17, 15) is 0 Å². The van der Waals surface area contributed by atoms with Gasteiger partial charge in [0.2, 0.25) is 0 Å². The molecule has 5 nitrogen and oxygen atoms in total. The predicted molar refractivity (Wildman–Crippen MR) is 80.2 cm³/mol. The molecule has 0 unspecified atom stereocenters. The van der Waals surface area contributed by atoms with Gasteiger partial charge in [-0.25, -0.2) is 0 Å². The van der Waals surface area contributed by atoms with E-state index in [1.54, 1.807) is 6.20 Å². The van der Waals surface area contributed by atoms with Crippen molar-refractivity contribution in [3.8, 4) is 0 Å². The van der Waals surface area contributed by atoms with Crippen molar-refractivity contribution in [2.75, 3.05) is 36.9 Å². The fourth-order valence-electron chi connectivity index (χ4n) is 2.10.